The molecule has 9 heteroatoms. The molecule has 3 aromatic carbocycles. The first-order valence-corrected chi connectivity index (χ1v) is 13.4. The Morgan fingerprint density at radius 3 is 2.70 bits per heavy atom. The number of hydrogen-bond donors (Lipinski definition) is 0. The number of sulfone groups is 1. The van der Waals surface area contributed by atoms with Gasteiger partial charge in [-0.25, -0.2) is 17.8 Å². The lowest BCUT2D eigenvalue weighted by molar-refractivity contribution is 0.175. The van der Waals surface area contributed by atoms with Crippen LogP contribution < -0.4 is 4.74 Å². The van der Waals surface area contributed by atoms with E-state index >= 15 is 0 Å². The van der Waals surface area contributed by atoms with Gasteiger partial charge in [-0.2, -0.15) is 5.26 Å². The number of nitrogens with zero attached hydrogens (tertiary/aromatic N) is 3. The fourth-order valence-electron chi connectivity index (χ4n) is 4.76. The highest BCUT2D eigenvalue weighted by atomic mass is 32.2. The Kier molecular flexibility index (Phi) is 6.31. The average Bonchev–Trinajstić information content (AvgIpc) is 3.11. The minimum Gasteiger partial charge on any atom is -0.488 e. The molecule has 7 nitrogen and oxygen atoms in total. The van der Waals surface area contributed by atoms with Crippen LogP contribution in [0.5, 0.6) is 5.75 Å². The van der Waals surface area contributed by atoms with E-state index in [1.807, 2.05) is 28.8 Å². The fourth-order valence-corrected chi connectivity index (χ4v) is 5.59. The van der Waals surface area contributed by atoms with Gasteiger partial charge in [-0.15, -0.1) is 0 Å². The molecule has 0 fully saturated rings. The Morgan fingerprint density at radius 2 is 1.97 bits per heavy atom. The molecule has 0 aliphatic carbocycles. The molecule has 0 unspecified atom stereocenters. The third-order valence-corrected chi connectivity index (χ3v) is 7.54. The minimum absolute atomic E-state index is 0.170. The quantitative estimate of drug-likeness (QED) is 0.346. The molecule has 0 saturated heterocycles. The molecule has 37 heavy (non-hydrogen) atoms. The monoisotopic (exact) mass is 517 g/mol. The summed E-state index contributed by atoms with van der Waals surface area (Å²) in [6.45, 7) is 2.56. The van der Waals surface area contributed by atoms with Crippen LogP contribution in [0.1, 0.15) is 35.0 Å². The van der Waals surface area contributed by atoms with Gasteiger partial charge in [-0.1, -0.05) is 18.2 Å². The molecule has 0 amide bonds. The minimum atomic E-state index is -3.47. The van der Waals surface area contributed by atoms with Crippen molar-refractivity contribution in [2.75, 3.05) is 13.4 Å². The van der Waals surface area contributed by atoms with Crippen LogP contribution in [0.25, 0.3) is 16.6 Å². The molecular weight excluding hydrogens is 493 g/mol. The van der Waals surface area contributed by atoms with Crippen LogP contribution in [0.3, 0.4) is 0 Å². The molecule has 188 valence electrons. The maximum atomic E-state index is 14.0. The van der Waals surface area contributed by atoms with Gasteiger partial charge in [-0.3, -0.25) is 0 Å². The van der Waals surface area contributed by atoms with E-state index in [4.69, 9.17) is 9.47 Å². The number of hydrogen-bond acceptors (Lipinski definition) is 6. The van der Waals surface area contributed by atoms with Crippen molar-refractivity contribution >= 4 is 26.4 Å². The van der Waals surface area contributed by atoms with Crippen LogP contribution in [-0.2, 0) is 34.3 Å². The highest BCUT2D eigenvalue weighted by Gasteiger charge is 2.23. The highest BCUT2D eigenvalue weighted by Crippen LogP contribution is 2.39. The van der Waals surface area contributed by atoms with Crippen molar-refractivity contribution in [1.82, 2.24) is 9.55 Å². The zero-order chi connectivity index (χ0) is 26.3. The van der Waals surface area contributed by atoms with E-state index in [1.54, 1.807) is 32.2 Å². The SMILES string of the molecule is COCc1nc2c(S(C)(=O)=O)cccc2n1Cc1ccc2c(c1)COc1cc(F)ccc1/C2=C(\C)C#N. The Hall–Kier alpha value is -4.00. The maximum Gasteiger partial charge on any atom is 0.177 e. The summed E-state index contributed by atoms with van der Waals surface area (Å²) in [6.07, 6.45) is 1.17. The van der Waals surface area contributed by atoms with Crippen LogP contribution >= 0.6 is 0 Å². The number of benzene rings is 3. The van der Waals surface area contributed by atoms with E-state index in [0.29, 0.717) is 45.9 Å². The molecule has 1 aromatic heterocycles. The van der Waals surface area contributed by atoms with Gasteiger partial charge in [0.1, 0.15) is 36.1 Å². The molecular formula is C28H24FN3O4S. The van der Waals surface area contributed by atoms with Crippen LogP contribution in [0.4, 0.5) is 4.39 Å². The number of rotatable bonds is 5. The molecule has 2 heterocycles. The van der Waals surface area contributed by atoms with Crippen LogP contribution in [0.2, 0.25) is 0 Å². The van der Waals surface area contributed by atoms with Crippen LogP contribution in [-0.4, -0.2) is 31.3 Å². The van der Waals surface area contributed by atoms with Gasteiger partial charge in [0, 0.05) is 42.7 Å². The molecule has 0 N–H and O–H groups in total. The van der Waals surface area contributed by atoms with Gasteiger partial charge >= 0.3 is 0 Å². The van der Waals surface area contributed by atoms with Crippen LogP contribution in [0, 0.1) is 17.1 Å². The first kappa shape index (κ1) is 24.7. The Labute approximate surface area is 214 Å². The number of ether oxygens (including phenoxy) is 2. The Morgan fingerprint density at radius 1 is 1.19 bits per heavy atom. The summed E-state index contributed by atoms with van der Waals surface area (Å²) in [5, 5.41) is 9.68. The first-order chi connectivity index (χ1) is 17.7. The lowest BCUT2D eigenvalue weighted by atomic mass is 9.90. The van der Waals surface area contributed by atoms with Crippen molar-refractivity contribution in [3.8, 4) is 11.8 Å². The van der Waals surface area contributed by atoms with Crippen molar-refractivity contribution in [1.29, 1.82) is 5.26 Å². The molecule has 0 bridgehead atoms. The number of imidazole rings is 1. The predicted octanol–water partition coefficient (Wildman–Crippen LogP) is 5.01. The summed E-state index contributed by atoms with van der Waals surface area (Å²) in [4.78, 5) is 4.77. The molecule has 0 radical (unpaired) electrons. The molecule has 0 spiro atoms. The zero-order valence-corrected chi connectivity index (χ0v) is 21.4. The fraction of sp³-hybridized carbons (Fsp3) is 0.214. The van der Waals surface area contributed by atoms with Gasteiger partial charge in [0.05, 0.1) is 16.5 Å². The molecule has 0 atom stereocenters. The van der Waals surface area contributed by atoms with Gasteiger partial charge < -0.3 is 14.0 Å². The summed E-state index contributed by atoms with van der Waals surface area (Å²) in [6, 6.07) is 17.5. The topological polar surface area (TPSA) is 94.2 Å². The molecule has 0 saturated carbocycles. The van der Waals surface area contributed by atoms with E-state index < -0.39 is 15.7 Å². The second kappa shape index (κ2) is 9.47. The van der Waals surface area contributed by atoms with E-state index in [2.05, 4.69) is 11.1 Å². The summed E-state index contributed by atoms with van der Waals surface area (Å²) in [7, 11) is -1.91. The maximum absolute atomic E-state index is 14.0. The van der Waals surface area contributed by atoms with E-state index in [9.17, 15) is 18.1 Å². The number of nitriles is 1. The molecule has 5 rings (SSSR count). The third-order valence-electron chi connectivity index (χ3n) is 6.41. The predicted molar refractivity (Wildman–Crippen MR) is 137 cm³/mol. The number of methoxy groups -OCH3 is 1. The lowest BCUT2D eigenvalue weighted by Gasteiger charge is -2.14. The van der Waals surface area contributed by atoms with Crippen molar-refractivity contribution in [2.24, 2.45) is 0 Å². The zero-order valence-electron chi connectivity index (χ0n) is 20.6. The van der Waals surface area contributed by atoms with Crippen molar-refractivity contribution in [3.63, 3.8) is 0 Å². The number of halogens is 1. The van der Waals surface area contributed by atoms with Crippen LogP contribution in [0.15, 0.2) is 65.1 Å². The second-order valence-corrected chi connectivity index (χ2v) is 11.0. The summed E-state index contributed by atoms with van der Waals surface area (Å²) in [5.41, 5.74) is 5.60. The summed E-state index contributed by atoms with van der Waals surface area (Å²) < 4.78 is 51.9. The third kappa shape index (κ3) is 4.50. The van der Waals surface area contributed by atoms with E-state index in [-0.39, 0.29) is 18.1 Å². The Bertz CT molecular complexity index is 1730. The largest absolute Gasteiger partial charge is 0.488 e. The number of fused-ring (bicyclic) bond motifs is 3. The number of para-hydroxylation sites is 1. The molecule has 1 aliphatic heterocycles. The van der Waals surface area contributed by atoms with Crippen molar-refractivity contribution in [2.45, 2.75) is 31.6 Å². The number of aromatic nitrogens is 2. The Balaban J connectivity index is 1.62. The number of allylic oxidation sites excluding steroid dienone is 1. The molecule has 1 aliphatic rings. The van der Waals surface area contributed by atoms with Gasteiger partial charge in [-0.05, 0) is 53.9 Å². The normalized spacial score (nSPS) is 14.4. The second-order valence-electron chi connectivity index (χ2n) is 8.98. The smallest absolute Gasteiger partial charge is 0.177 e. The average molecular weight is 518 g/mol. The highest BCUT2D eigenvalue weighted by molar-refractivity contribution is 7.91. The van der Waals surface area contributed by atoms with Crippen molar-refractivity contribution < 1.29 is 22.3 Å². The lowest BCUT2D eigenvalue weighted by Crippen LogP contribution is -2.07. The summed E-state index contributed by atoms with van der Waals surface area (Å²) in [5.74, 6) is 0.577. The van der Waals surface area contributed by atoms with Crippen molar-refractivity contribution in [3.05, 3.63) is 94.1 Å². The standard InChI is InChI=1S/C28H24FN3O4S/c1-17(13-30)27-21-9-7-18(11-19(21)15-36-24-12-20(29)8-10-22(24)27)14-32-23-5-4-6-25(37(3,33)34)28(23)31-26(32)16-35-2/h4-12H,14-16H2,1-3H3/b27-17+. The van der Waals surface area contributed by atoms with Gasteiger partial charge in [0.25, 0.3) is 0 Å². The van der Waals surface area contributed by atoms with Gasteiger partial charge in [0.15, 0.2) is 9.84 Å². The molecule has 4 aromatic rings. The van der Waals surface area contributed by atoms with E-state index in [0.717, 1.165) is 16.7 Å². The first-order valence-electron chi connectivity index (χ1n) is 11.5. The summed E-state index contributed by atoms with van der Waals surface area (Å²) >= 11 is 0. The van der Waals surface area contributed by atoms with Gasteiger partial charge in [0.2, 0.25) is 0 Å². The van der Waals surface area contributed by atoms with E-state index in [1.165, 1.54) is 18.4 Å².